The van der Waals surface area contributed by atoms with Gasteiger partial charge in [0, 0.05) is 32.3 Å². The van der Waals surface area contributed by atoms with Crippen molar-refractivity contribution in [1.82, 2.24) is 10.2 Å². The molecule has 0 bridgehead atoms. The van der Waals surface area contributed by atoms with E-state index in [9.17, 15) is 13.2 Å². The SMILES string of the molecule is FC(F)(F)c1cc(-c2ccc(-c3cc(-c4ccc(Cl)cc4)nnc3-c3ccc(Cl)cc3)o2)ccc1Cl. The molecule has 3 aromatic carbocycles. The van der Waals surface area contributed by atoms with E-state index in [2.05, 4.69) is 10.2 Å². The quantitative estimate of drug-likeness (QED) is 0.226. The average Bonchev–Trinajstić information content (AvgIpc) is 3.35. The van der Waals surface area contributed by atoms with Crippen molar-refractivity contribution in [3.63, 3.8) is 0 Å². The van der Waals surface area contributed by atoms with Crippen molar-refractivity contribution in [3.05, 3.63) is 106 Å². The predicted molar refractivity (Wildman–Crippen MR) is 136 cm³/mol. The molecule has 0 amide bonds. The van der Waals surface area contributed by atoms with Crippen LogP contribution in [0.5, 0.6) is 0 Å². The standard InChI is InChI=1S/C27H14Cl3F3N2O/c28-18-6-1-15(2-7-18)23-14-20(26(35-34-23)16-3-8-19(29)9-4-16)25-12-11-24(36-25)17-5-10-22(30)21(13-17)27(31,32)33/h1-14H. The Morgan fingerprint density at radius 2 is 1.19 bits per heavy atom. The smallest absolute Gasteiger partial charge is 0.417 e. The van der Waals surface area contributed by atoms with Crippen LogP contribution >= 0.6 is 34.8 Å². The summed E-state index contributed by atoms with van der Waals surface area (Å²) in [6.45, 7) is 0. The first kappa shape index (κ1) is 24.4. The lowest BCUT2D eigenvalue weighted by molar-refractivity contribution is -0.137. The number of rotatable bonds is 4. The number of aromatic nitrogens is 2. The summed E-state index contributed by atoms with van der Waals surface area (Å²) in [6, 6.07) is 22.9. The maximum Gasteiger partial charge on any atom is 0.417 e. The maximum atomic E-state index is 13.4. The highest BCUT2D eigenvalue weighted by Crippen LogP contribution is 2.40. The highest BCUT2D eigenvalue weighted by Gasteiger charge is 2.33. The van der Waals surface area contributed by atoms with E-state index in [-0.39, 0.29) is 16.3 Å². The average molecular weight is 546 g/mol. The zero-order valence-corrected chi connectivity index (χ0v) is 20.4. The second-order valence-corrected chi connectivity index (χ2v) is 9.14. The minimum absolute atomic E-state index is 0.242. The number of benzene rings is 3. The Balaban J connectivity index is 1.63. The summed E-state index contributed by atoms with van der Waals surface area (Å²) in [4.78, 5) is 0. The van der Waals surface area contributed by atoms with Crippen molar-refractivity contribution in [2.24, 2.45) is 0 Å². The number of hydrogen-bond acceptors (Lipinski definition) is 3. The third kappa shape index (κ3) is 4.98. The lowest BCUT2D eigenvalue weighted by atomic mass is 10.0. The van der Waals surface area contributed by atoms with Crippen LogP contribution < -0.4 is 0 Å². The third-order valence-corrected chi connectivity index (χ3v) is 6.31. The molecular formula is C27H14Cl3F3N2O. The van der Waals surface area contributed by atoms with Crippen molar-refractivity contribution < 1.29 is 17.6 Å². The molecule has 180 valence electrons. The highest BCUT2D eigenvalue weighted by molar-refractivity contribution is 6.31. The van der Waals surface area contributed by atoms with E-state index < -0.39 is 11.7 Å². The maximum absolute atomic E-state index is 13.4. The molecule has 0 saturated heterocycles. The van der Waals surface area contributed by atoms with Crippen LogP contribution in [-0.4, -0.2) is 10.2 Å². The molecule has 0 spiro atoms. The minimum atomic E-state index is -4.59. The van der Waals surface area contributed by atoms with Crippen molar-refractivity contribution in [1.29, 1.82) is 0 Å². The molecular weight excluding hydrogens is 532 g/mol. The first-order valence-electron chi connectivity index (χ1n) is 10.6. The highest BCUT2D eigenvalue weighted by atomic mass is 35.5. The monoisotopic (exact) mass is 544 g/mol. The van der Waals surface area contributed by atoms with Gasteiger partial charge in [0.15, 0.2) is 0 Å². The largest absolute Gasteiger partial charge is 0.456 e. The third-order valence-electron chi connectivity index (χ3n) is 5.48. The topological polar surface area (TPSA) is 38.9 Å². The second kappa shape index (κ2) is 9.62. The van der Waals surface area contributed by atoms with Gasteiger partial charge in [0.25, 0.3) is 0 Å². The Bertz CT molecular complexity index is 1550. The van der Waals surface area contributed by atoms with Gasteiger partial charge >= 0.3 is 6.18 Å². The normalized spacial score (nSPS) is 11.6. The Morgan fingerprint density at radius 1 is 0.611 bits per heavy atom. The van der Waals surface area contributed by atoms with E-state index in [1.807, 2.05) is 18.2 Å². The molecule has 2 aromatic heterocycles. The first-order chi connectivity index (χ1) is 17.2. The van der Waals surface area contributed by atoms with Crippen LogP contribution in [0.1, 0.15) is 5.56 Å². The van der Waals surface area contributed by atoms with Crippen LogP contribution in [0, 0.1) is 0 Å². The molecule has 0 saturated carbocycles. The Kier molecular flexibility index (Phi) is 6.51. The van der Waals surface area contributed by atoms with Gasteiger partial charge in [-0.15, -0.1) is 10.2 Å². The molecule has 36 heavy (non-hydrogen) atoms. The van der Waals surface area contributed by atoms with E-state index in [0.717, 1.165) is 17.2 Å². The number of hydrogen-bond donors (Lipinski definition) is 0. The van der Waals surface area contributed by atoms with Crippen molar-refractivity contribution in [2.75, 3.05) is 0 Å². The Morgan fingerprint density at radius 3 is 1.83 bits per heavy atom. The number of alkyl halides is 3. The van der Waals surface area contributed by atoms with Gasteiger partial charge in [-0.05, 0) is 60.7 Å². The molecule has 9 heteroatoms. The van der Waals surface area contributed by atoms with Gasteiger partial charge in [0.1, 0.15) is 17.2 Å². The van der Waals surface area contributed by atoms with E-state index in [0.29, 0.717) is 32.8 Å². The van der Waals surface area contributed by atoms with Crippen LogP contribution in [0.15, 0.2) is 89.3 Å². The van der Waals surface area contributed by atoms with Gasteiger partial charge in [-0.3, -0.25) is 0 Å². The zero-order chi connectivity index (χ0) is 25.4. The molecule has 5 aromatic rings. The number of halogens is 6. The lowest BCUT2D eigenvalue weighted by Crippen LogP contribution is -2.05. The van der Waals surface area contributed by atoms with Crippen LogP contribution in [0.2, 0.25) is 15.1 Å². The zero-order valence-electron chi connectivity index (χ0n) is 18.2. The molecule has 0 aliphatic heterocycles. The molecule has 0 aliphatic carbocycles. The van der Waals surface area contributed by atoms with Gasteiger partial charge in [-0.2, -0.15) is 13.2 Å². The fraction of sp³-hybridized carbons (Fsp3) is 0.0370. The molecule has 0 aliphatic rings. The van der Waals surface area contributed by atoms with Crippen molar-refractivity contribution in [3.8, 4) is 45.2 Å². The van der Waals surface area contributed by atoms with Crippen molar-refractivity contribution >= 4 is 34.8 Å². The molecule has 0 radical (unpaired) electrons. The van der Waals surface area contributed by atoms with Gasteiger partial charge in [0.05, 0.1) is 16.3 Å². The van der Waals surface area contributed by atoms with Gasteiger partial charge in [0.2, 0.25) is 0 Å². The molecule has 3 nitrogen and oxygen atoms in total. The summed E-state index contributed by atoms with van der Waals surface area (Å²) in [7, 11) is 0. The summed E-state index contributed by atoms with van der Waals surface area (Å²) in [6.07, 6.45) is -4.59. The Labute approximate surface area is 219 Å². The summed E-state index contributed by atoms with van der Waals surface area (Å²) in [5.41, 5.74) is 2.54. The molecule has 0 atom stereocenters. The molecule has 5 rings (SSSR count). The molecule has 0 fully saturated rings. The lowest BCUT2D eigenvalue weighted by Gasteiger charge is -2.10. The van der Waals surface area contributed by atoms with Gasteiger partial charge < -0.3 is 4.42 Å². The van der Waals surface area contributed by atoms with Crippen LogP contribution in [-0.2, 0) is 6.18 Å². The molecule has 0 N–H and O–H groups in total. The van der Waals surface area contributed by atoms with Crippen LogP contribution in [0.3, 0.4) is 0 Å². The fourth-order valence-corrected chi connectivity index (χ4v) is 4.17. The summed E-state index contributed by atoms with van der Waals surface area (Å²) >= 11 is 17.8. The van der Waals surface area contributed by atoms with E-state index in [4.69, 9.17) is 39.2 Å². The minimum Gasteiger partial charge on any atom is -0.456 e. The predicted octanol–water partition coefficient (Wildman–Crippen LogP) is 9.72. The van der Waals surface area contributed by atoms with E-state index >= 15 is 0 Å². The van der Waals surface area contributed by atoms with Gasteiger partial charge in [-0.1, -0.05) is 59.1 Å². The Hall–Kier alpha value is -3.32. The second-order valence-electron chi connectivity index (χ2n) is 7.86. The van der Waals surface area contributed by atoms with Crippen LogP contribution in [0.4, 0.5) is 13.2 Å². The summed E-state index contributed by atoms with van der Waals surface area (Å²) in [5, 5.41) is 9.58. The molecule has 0 unspecified atom stereocenters. The first-order valence-corrected chi connectivity index (χ1v) is 11.7. The number of nitrogens with zero attached hydrogens (tertiary/aromatic N) is 2. The van der Waals surface area contributed by atoms with Gasteiger partial charge in [-0.25, -0.2) is 0 Å². The van der Waals surface area contributed by atoms with E-state index in [1.54, 1.807) is 48.5 Å². The summed E-state index contributed by atoms with van der Waals surface area (Å²) < 4.78 is 46.1. The van der Waals surface area contributed by atoms with Crippen molar-refractivity contribution in [2.45, 2.75) is 6.18 Å². The van der Waals surface area contributed by atoms with E-state index in [1.165, 1.54) is 12.1 Å². The fourth-order valence-electron chi connectivity index (χ4n) is 3.70. The summed E-state index contributed by atoms with van der Waals surface area (Å²) in [5.74, 6) is 0.655. The molecule has 2 heterocycles. The number of furan rings is 1. The van der Waals surface area contributed by atoms with Crippen LogP contribution in [0.25, 0.3) is 45.2 Å².